The van der Waals surface area contributed by atoms with Gasteiger partial charge in [-0.2, -0.15) is 0 Å². The van der Waals surface area contributed by atoms with Crippen molar-refractivity contribution in [2.75, 3.05) is 11.1 Å². The summed E-state index contributed by atoms with van der Waals surface area (Å²) in [6.45, 7) is 0. The third-order valence-corrected chi connectivity index (χ3v) is 3.73. The van der Waals surface area contributed by atoms with Crippen LogP contribution in [0.3, 0.4) is 0 Å². The summed E-state index contributed by atoms with van der Waals surface area (Å²) in [4.78, 5) is 11.2. The monoisotopic (exact) mass is 406 g/mol. The molecule has 0 aliphatic heterocycles. The number of nitrogen functional groups attached to an aromatic ring is 1. The van der Waals surface area contributed by atoms with Crippen LogP contribution in [0.15, 0.2) is 30.3 Å². The number of hydrogen-bond acceptors (Lipinski definition) is 3. The van der Waals surface area contributed by atoms with Gasteiger partial charge in [-0.3, -0.25) is 0 Å². The molecule has 0 amide bonds. The van der Waals surface area contributed by atoms with E-state index in [-0.39, 0.29) is 11.3 Å². The Morgan fingerprint density at radius 3 is 2.55 bits per heavy atom. The zero-order valence-corrected chi connectivity index (χ0v) is 12.9. The van der Waals surface area contributed by atoms with Crippen LogP contribution in [0.4, 0.5) is 21.5 Å². The van der Waals surface area contributed by atoms with E-state index in [0.29, 0.717) is 10.7 Å². The van der Waals surface area contributed by atoms with Crippen molar-refractivity contribution in [3.05, 3.63) is 50.3 Å². The van der Waals surface area contributed by atoms with Gasteiger partial charge in [-0.15, -0.1) is 0 Å². The number of aromatic carboxylic acids is 1. The summed E-state index contributed by atoms with van der Waals surface area (Å²) in [5, 5.41) is 12.6. The molecule has 0 saturated heterocycles. The average Bonchev–Trinajstić information content (AvgIpc) is 2.36. The summed E-state index contributed by atoms with van der Waals surface area (Å²) < 4.78 is 14.2. The SMILES string of the molecule is Nc1c(F)ccc(Nc2ccc(Cl)cc2I)c1C(=O)O. The minimum absolute atomic E-state index is 0.219. The smallest absolute Gasteiger partial charge is 0.340 e. The third-order valence-electron chi connectivity index (χ3n) is 2.61. The lowest BCUT2D eigenvalue weighted by atomic mass is 10.1. The molecule has 0 bridgehead atoms. The lowest BCUT2D eigenvalue weighted by molar-refractivity contribution is 0.0698. The zero-order valence-electron chi connectivity index (χ0n) is 9.95. The Balaban J connectivity index is 2.48. The van der Waals surface area contributed by atoms with Gasteiger partial charge in [0.1, 0.15) is 11.4 Å². The Kier molecular flexibility index (Phi) is 4.34. The maximum atomic E-state index is 13.4. The lowest BCUT2D eigenvalue weighted by Crippen LogP contribution is -2.09. The van der Waals surface area contributed by atoms with Crippen LogP contribution in [0.5, 0.6) is 0 Å². The Bertz CT molecular complexity index is 694. The molecular weight excluding hydrogens is 398 g/mol. The molecule has 2 aromatic rings. The molecular formula is C13H9ClFIN2O2. The number of carbonyl (C=O) groups is 1. The van der Waals surface area contributed by atoms with E-state index < -0.39 is 17.5 Å². The normalized spacial score (nSPS) is 10.3. The van der Waals surface area contributed by atoms with Crippen molar-refractivity contribution in [3.8, 4) is 0 Å². The number of nitrogens with two attached hydrogens (primary N) is 1. The van der Waals surface area contributed by atoms with Crippen LogP contribution < -0.4 is 11.1 Å². The molecule has 0 unspecified atom stereocenters. The fraction of sp³-hybridized carbons (Fsp3) is 0. The highest BCUT2D eigenvalue weighted by Crippen LogP contribution is 2.30. The molecule has 7 heteroatoms. The minimum Gasteiger partial charge on any atom is -0.478 e. The topological polar surface area (TPSA) is 75.3 Å². The number of rotatable bonds is 3. The fourth-order valence-electron chi connectivity index (χ4n) is 1.66. The fourth-order valence-corrected chi connectivity index (χ4v) is 2.67. The van der Waals surface area contributed by atoms with E-state index >= 15 is 0 Å². The van der Waals surface area contributed by atoms with Crippen LogP contribution in [-0.2, 0) is 0 Å². The molecule has 2 rings (SSSR count). The predicted molar refractivity (Wildman–Crippen MR) is 85.2 cm³/mol. The van der Waals surface area contributed by atoms with Crippen LogP contribution >= 0.6 is 34.2 Å². The number of halogens is 3. The minimum atomic E-state index is -1.30. The Morgan fingerprint density at radius 2 is 1.95 bits per heavy atom. The number of anilines is 3. The quantitative estimate of drug-likeness (QED) is 0.530. The maximum absolute atomic E-state index is 13.4. The molecule has 0 aliphatic carbocycles. The molecule has 4 N–H and O–H groups in total. The van der Waals surface area contributed by atoms with Crippen molar-refractivity contribution in [1.29, 1.82) is 0 Å². The van der Waals surface area contributed by atoms with E-state index in [2.05, 4.69) is 27.9 Å². The highest BCUT2D eigenvalue weighted by Gasteiger charge is 2.18. The van der Waals surface area contributed by atoms with Gasteiger partial charge in [0.2, 0.25) is 0 Å². The van der Waals surface area contributed by atoms with E-state index in [9.17, 15) is 9.18 Å². The first-order valence-corrected chi connectivity index (χ1v) is 6.89. The molecule has 0 radical (unpaired) electrons. The Morgan fingerprint density at radius 1 is 1.30 bits per heavy atom. The second-order valence-electron chi connectivity index (χ2n) is 3.94. The molecule has 0 aliphatic rings. The summed E-state index contributed by atoms with van der Waals surface area (Å²) in [5.74, 6) is -2.06. The van der Waals surface area contributed by atoms with Crippen LogP contribution in [0.1, 0.15) is 10.4 Å². The largest absolute Gasteiger partial charge is 0.478 e. The summed E-state index contributed by atoms with van der Waals surface area (Å²) in [7, 11) is 0. The molecule has 0 atom stereocenters. The van der Waals surface area contributed by atoms with Gasteiger partial charge in [-0.25, -0.2) is 9.18 Å². The number of benzene rings is 2. The first-order chi connectivity index (χ1) is 9.40. The van der Waals surface area contributed by atoms with E-state index in [4.69, 9.17) is 22.4 Å². The number of hydrogen-bond donors (Lipinski definition) is 3. The van der Waals surface area contributed by atoms with Crippen molar-refractivity contribution in [2.45, 2.75) is 0 Å². The van der Waals surface area contributed by atoms with Gasteiger partial charge < -0.3 is 16.2 Å². The maximum Gasteiger partial charge on any atom is 0.340 e. The summed E-state index contributed by atoms with van der Waals surface area (Å²) in [5.41, 5.74) is 5.66. The molecule has 0 heterocycles. The van der Waals surface area contributed by atoms with Crippen molar-refractivity contribution in [3.63, 3.8) is 0 Å². The lowest BCUT2D eigenvalue weighted by Gasteiger charge is -2.13. The van der Waals surface area contributed by atoms with Crippen molar-refractivity contribution >= 4 is 57.2 Å². The molecule has 4 nitrogen and oxygen atoms in total. The third kappa shape index (κ3) is 2.96. The molecule has 0 aromatic heterocycles. The summed E-state index contributed by atoms with van der Waals surface area (Å²) in [6, 6.07) is 7.54. The standard InChI is InChI=1S/C13H9ClFIN2O2/c14-6-1-3-9(8(16)5-6)18-10-4-2-7(15)12(17)11(10)13(19)20/h1-5,18H,17H2,(H,19,20). The Hall–Kier alpha value is -1.54. The second-order valence-corrected chi connectivity index (χ2v) is 5.54. The predicted octanol–water partition coefficient (Wildman–Crippen LogP) is 4.11. The second kappa shape index (κ2) is 5.84. The van der Waals surface area contributed by atoms with E-state index in [1.807, 2.05) is 0 Å². The number of nitrogens with one attached hydrogen (secondary N) is 1. The molecule has 0 spiro atoms. The first-order valence-electron chi connectivity index (χ1n) is 5.43. The summed E-state index contributed by atoms with van der Waals surface area (Å²) >= 11 is 7.91. The van der Waals surface area contributed by atoms with Crippen molar-refractivity contribution in [1.82, 2.24) is 0 Å². The van der Waals surface area contributed by atoms with Crippen LogP contribution in [0.25, 0.3) is 0 Å². The van der Waals surface area contributed by atoms with E-state index in [1.54, 1.807) is 18.2 Å². The molecule has 0 fully saturated rings. The van der Waals surface area contributed by atoms with Crippen LogP contribution in [0, 0.1) is 9.39 Å². The summed E-state index contributed by atoms with van der Waals surface area (Å²) in [6.07, 6.45) is 0. The van der Waals surface area contributed by atoms with E-state index in [1.165, 1.54) is 6.07 Å². The van der Waals surface area contributed by atoms with E-state index in [0.717, 1.165) is 9.64 Å². The molecule has 104 valence electrons. The molecule has 2 aromatic carbocycles. The number of carboxylic acid groups (broad SMARTS) is 1. The van der Waals surface area contributed by atoms with Crippen molar-refractivity contribution < 1.29 is 14.3 Å². The van der Waals surface area contributed by atoms with Gasteiger partial charge in [0.25, 0.3) is 0 Å². The Labute approximate surface area is 132 Å². The van der Waals surface area contributed by atoms with Gasteiger partial charge >= 0.3 is 5.97 Å². The average molecular weight is 407 g/mol. The highest BCUT2D eigenvalue weighted by molar-refractivity contribution is 14.1. The van der Waals surface area contributed by atoms with Gasteiger partial charge in [-0.05, 0) is 52.9 Å². The highest BCUT2D eigenvalue weighted by atomic mass is 127. The van der Waals surface area contributed by atoms with Crippen LogP contribution in [-0.4, -0.2) is 11.1 Å². The molecule has 0 saturated carbocycles. The van der Waals surface area contributed by atoms with Gasteiger partial charge in [0.05, 0.1) is 17.1 Å². The number of carboxylic acids is 1. The van der Waals surface area contributed by atoms with Crippen LogP contribution in [0.2, 0.25) is 5.02 Å². The first kappa shape index (κ1) is 14.9. The van der Waals surface area contributed by atoms with Gasteiger partial charge in [0.15, 0.2) is 0 Å². The zero-order chi connectivity index (χ0) is 14.9. The van der Waals surface area contributed by atoms with Gasteiger partial charge in [0, 0.05) is 8.59 Å². The van der Waals surface area contributed by atoms with Gasteiger partial charge in [-0.1, -0.05) is 11.6 Å². The van der Waals surface area contributed by atoms with Crippen molar-refractivity contribution in [2.24, 2.45) is 0 Å². The molecule has 20 heavy (non-hydrogen) atoms.